The van der Waals surface area contributed by atoms with Crippen LogP contribution < -0.4 is 14.8 Å². The average Bonchev–Trinajstić information content (AvgIpc) is 2.54. The molecule has 0 radical (unpaired) electrons. The number of hydrogen-bond acceptors (Lipinski definition) is 5. The summed E-state index contributed by atoms with van der Waals surface area (Å²) >= 11 is 5.89. The average molecular weight is 322 g/mol. The molecule has 0 spiro atoms. The molecule has 2 rings (SSSR count). The molecule has 1 heterocycles. The molecule has 1 atom stereocenters. The molecular weight excluding hydrogens is 302 g/mol. The van der Waals surface area contributed by atoms with Gasteiger partial charge in [-0.25, -0.2) is 4.98 Å². The SMILES string of the molecule is CCCC(Nc1cncc(Cl)n1)c1cc(OC)cc(OC)c1. The first kappa shape index (κ1) is 16.4. The summed E-state index contributed by atoms with van der Waals surface area (Å²) in [6.07, 6.45) is 5.12. The summed E-state index contributed by atoms with van der Waals surface area (Å²) in [7, 11) is 3.28. The Bertz CT molecular complexity index is 600. The van der Waals surface area contributed by atoms with E-state index in [1.165, 1.54) is 6.20 Å². The van der Waals surface area contributed by atoms with Crippen LogP contribution in [0.3, 0.4) is 0 Å². The number of rotatable bonds is 7. The van der Waals surface area contributed by atoms with E-state index in [0.717, 1.165) is 29.9 Å². The maximum atomic E-state index is 5.89. The molecule has 0 fully saturated rings. The van der Waals surface area contributed by atoms with Crippen molar-refractivity contribution in [1.29, 1.82) is 0 Å². The summed E-state index contributed by atoms with van der Waals surface area (Å²) in [5, 5.41) is 3.73. The Balaban J connectivity index is 2.30. The topological polar surface area (TPSA) is 56.3 Å². The zero-order valence-corrected chi connectivity index (χ0v) is 13.7. The van der Waals surface area contributed by atoms with Gasteiger partial charge in [0.25, 0.3) is 0 Å². The van der Waals surface area contributed by atoms with E-state index in [-0.39, 0.29) is 6.04 Å². The maximum absolute atomic E-state index is 5.89. The van der Waals surface area contributed by atoms with E-state index >= 15 is 0 Å². The standard InChI is InChI=1S/C16H20ClN3O2/c1-4-5-14(19-16-10-18-9-15(17)20-16)11-6-12(21-2)8-13(7-11)22-3/h6-10,14H,4-5H2,1-3H3,(H,19,20). The fourth-order valence-corrected chi connectivity index (χ4v) is 2.38. The lowest BCUT2D eigenvalue weighted by atomic mass is 10.0. The number of halogens is 1. The second kappa shape index (κ2) is 7.84. The molecule has 1 aromatic carbocycles. The van der Waals surface area contributed by atoms with E-state index in [9.17, 15) is 0 Å². The van der Waals surface area contributed by atoms with Crippen molar-refractivity contribution >= 4 is 17.4 Å². The van der Waals surface area contributed by atoms with Gasteiger partial charge >= 0.3 is 0 Å². The Morgan fingerprint density at radius 1 is 1.14 bits per heavy atom. The fraction of sp³-hybridized carbons (Fsp3) is 0.375. The van der Waals surface area contributed by atoms with E-state index in [0.29, 0.717) is 11.0 Å². The molecule has 0 bridgehead atoms. The number of aromatic nitrogens is 2. The molecule has 1 N–H and O–H groups in total. The summed E-state index contributed by atoms with van der Waals surface area (Å²) < 4.78 is 10.7. The molecule has 0 aliphatic rings. The van der Waals surface area contributed by atoms with Crippen LogP contribution >= 0.6 is 11.6 Å². The van der Waals surface area contributed by atoms with Crippen LogP contribution in [0.4, 0.5) is 5.82 Å². The van der Waals surface area contributed by atoms with Crippen molar-refractivity contribution in [2.45, 2.75) is 25.8 Å². The Hall–Kier alpha value is -2.01. The van der Waals surface area contributed by atoms with E-state index in [4.69, 9.17) is 21.1 Å². The number of nitrogens with one attached hydrogen (secondary N) is 1. The van der Waals surface area contributed by atoms with Gasteiger partial charge in [0.1, 0.15) is 22.5 Å². The molecule has 5 nitrogen and oxygen atoms in total. The molecular formula is C16H20ClN3O2. The number of methoxy groups -OCH3 is 2. The smallest absolute Gasteiger partial charge is 0.149 e. The lowest BCUT2D eigenvalue weighted by Crippen LogP contribution is -2.12. The first-order valence-corrected chi connectivity index (χ1v) is 7.51. The second-order valence-electron chi connectivity index (χ2n) is 4.86. The summed E-state index contributed by atoms with van der Waals surface area (Å²) in [5.41, 5.74) is 1.07. The van der Waals surface area contributed by atoms with Crippen LogP contribution in [0, 0.1) is 0 Å². The van der Waals surface area contributed by atoms with Crippen LogP contribution in [0.25, 0.3) is 0 Å². The molecule has 0 aliphatic heterocycles. The summed E-state index contributed by atoms with van der Waals surface area (Å²) in [6.45, 7) is 2.13. The van der Waals surface area contributed by atoms with Crippen molar-refractivity contribution in [2.24, 2.45) is 0 Å². The minimum absolute atomic E-state index is 0.0711. The summed E-state index contributed by atoms with van der Waals surface area (Å²) in [6, 6.07) is 5.91. The normalized spacial score (nSPS) is 11.8. The van der Waals surface area contributed by atoms with Gasteiger partial charge < -0.3 is 14.8 Å². The highest BCUT2D eigenvalue weighted by Crippen LogP contribution is 2.30. The van der Waals surface area contributed by atoms with Crippen LogP contribution in [0.5, 0.6) is 11.5 Å². The van der Waals surface area contributed by atoms with Crippen LogP contribution in [0.2, 0.25) is 5.15 Å². The summed E-state index contributed by atoms with van der Waals surface area (Å²) in [4.78, 5) is 8.29. The quantitative estimate of drug-likeness (QED) is 0.832. The molecule has 118 valence electrons. The maximum Gasteiger partial charge on any atom is 0.149 e. The van der Waals surface area contributed by atoms with Crippen molar-refractivity contribution in [3.05, 3.63) is 41.3 Å². The highest BCUT2D eigenvalue weighted by molar-refractivity contribution is 6.29. The molecule has 2 aromatic rings. The lowest BCUT2D eigenvalue weighted by molar-refractivity contribution is 0.392. The zero-order chi connectivity index (χ0) is 15.9. The number of anilines is 1. The van der Waals surface area contributed by atoms with Crippen molar-refractivity contribution < 1.29 is 9.47 Å². The largest absolute Gasteiger partial charge is 0.497 e. The van der Waals surface area contributed by atoms with Gasteiger partial charge in [0.05, 0.1) is 32.7 Å². The van der Waals surface area contributed by atoms with Crippen LogP contribution in [0.1, 0.15) is 31.4 Å². The zero-order valence-electron chi connectivity index (χ0n) is 13.0. The van der Waals surface area contributed by atoms with Gasteiger partial charge in [0.15, 0.2) is 0 Å². The highest BCUT2D eigenvalue weighted by Gasteiger charge is 2.14. The number of ether oxygens (including phenoxy) is 2. The first-order chi connectivity index (χ1) is 10.7. The van der Waals surface area contributed by atoms with Crippen molar-refractivity contribution in [1.82, 2.24) is 9.97 Å². The Morgan fingerprint density at radius 3 is 2.36 bits per heavy atom. The Labute approximate surface area is 135 Å². The van der Waals surface area contributed by atoms with Gasteiger partial charge in [-0.3, -0.25) is 4.98 Å². The van der Waals surface area contributed by atoms with Gasteiger partial charge in [-0.05, 0) is 24.1 Å². The Kier molecular flexibility index (Phi) is 5.83. The van der Waals surface area contributed by atoms with Crippen LogP contribution in [-0.4, -0.2) is 24.2 Å². The third kappa shape index (κ3) is 4.24. The molecule has 1 unspecified atom stereocenters. The number of hydrogen-bond donors (Lipinski definition) is 1. The Morgan fingerprint density at radius 2 is 1.82 bits per heavy atom. The van der Waals surface area contributed by atoms with Crippen molar-refractivity contribution in [3.8, 4) is 11.5 Å². The molecule has 6 heteroatoms. The molecule has 22 heavy (non-hydrogen) atoms. The first-order valence-electron chi connectivity index (χ1n) is 7.13. The second-order valence-corrected chi connectivity index (χ2v) is 5.25. The number of benzene rings is 1. The van der Waals surface area contributed by atoms with Crippen LogP contribution in [-0.2, 0) is 0 Å². The third-order valence-corrected chi connectivity index (χ3v) is 3.46. The van der Waals surface area contributed by atoms with Crippen molar-refractivity contribution in [2.75, 3.05) is 19.5 Å². The molecule has 0 saturated carbocycles. The number of nitrogens with zero attached hydrogens (tertiary/aromatic N) is 2. The molecule has 0 saturated heterocycles. The van der Waals surface area contributed by atoms with Gasteiger partial charge in [-0.2, -0.15) is 0 Å². The van der Waals surface area contributed by atoms with E-state index in [2.05, 4.69) is 22.2 Å². The van der Waals surface area contributed by atoms with E-state index < -0.39 is 0 Å². The van der Waals surface area contributed by atoms with Crippen molar-refractivity contribution in [3.63, 3.8) is 0 Å². The predicted octanol–water partition coefficient (Wildman–Crippen LogP) is 4.10. The van der Waals surface area contributed by atoms with E-state index in [1.807, 2.05) is 18.2 Å². The van der Waals surface area contributed by atoms with Crippen LogP contribution in [0.15, 0.2) is 30.6 Å². The third-order valence-electron chi connectivity index (χ3n) is 3.28. The minimum Gasteiger partial charge on any atom is -0.497 e. The van der Waals surface area contributed by atoms with E-state index in [1.54, 1.807) is 20.4 Å². The van der Waals surface area contributed by atoms with Gasteiger partial charge in [0, 0.05) is 6.07 Å². The molecule has 0 aliphatic carbocycles. The summed E-state index contributed by atoms with van der Waals surface area (Å²) in [5.74, 6) is 2.16. The highest BCUT2D eigenvalue weighted by atomic mass is 35.5. The predicted molar refractivity (Wildman–Crippen MR) is 87.9 cm³/mol. The van der Waals surface area contributed by atoms with Gasteiger partial charge in [-0.1, -0.05) is 24.9 Å². The minimum atomic E-state index is 0.0711. The monoisotopic (exact) mass is 321 g/mol. The van der Waals surface area contributed by atoms with Gasteiger partial charge in [0.2, 0.25) is 0 Å². The lowest BCUT2D eigenvalue weighted by Gasteiger charge is -2.20. The molecule has 0 amide bonds. The fourth-order valence-electron chi connectivity index (χ4n) is 2.23. The molecule has 1 aromatic heterocycles. The van der Waals surface area contributed by atoms with Gasteiger partial charge in [-0.15, -0.1) is 0 Å².